The summed E-state index contributed by atoms with van der Waals surface area (Å²) in [5, 5.41) is 0. The molecule has 0 amide bonds. The number of hydrogen-bond acceptors (Lipinski definition) is 5. The zero-order chi connectivity index (χ0) is 13.8. The molecule has 19 heavy (non-hydrogen) atoms. The van der Waals surface area contributed by atoms with Crippen LogP contribution in [0.25, 0.3) is 11.0 Å². The van der Waals surface area contributed by atoms with Crippen LogP contribution in [0.5, 0.6) is 0 Å². The van der Waals surface area contributed by atoms with Crippen LogP contribution in [0.3, 0.4) is 0 Å². The van der Waals surface area contributed by atoms with Gasteiger partial charge in [-0.2, -0.15) is 0 Å². The van der Waals surface area contributed by atoms with Crippen LogP contribution in [0.15, 0.2) is 29.0 Å². The van der Waals surface area contributed by atoms with E-state index in [0.29, 0.717) is 6.54 Å². The number of halogens is 1. The van der Waals surface area contributed by atoms with E-state index in [4.69, 9.17) is 4.74 Å². The number of esters is 1. The number of likely N-dealkylation sites (N-methyl/N-ethyl adjacent to an activating group) is 1. The molecule has 2 aromatic heterocycles. The van der Waals surface area contributed by atoms with Gasteiger partial charge in [-0.15, -0.1) is 0 Å². The Bertz CT molecular complexity index is 603. The molecule has 0 saturated carbocycles. The van der Waals surface area contributed by atoms with Crippen molar-refractivity contribution >= 4 is 38.6 Å². The molecule has 6 heteroatoms. The number of pyridine rings is 2. The lowest BCUT2D eigenvalue weighted by Crippen LogP contribution is -2.30. The topological polar surface area (TPSA) is 55.3 Å². The zero-order valence-electron chi connectivity index (χ0n) is 10.8. The number of aromatic nitrogens is 2. The smallest absolute Gasteiger partial charge is 0.325 e. The molecule has 2 rings (SSSR count). The number of carbonyl (C=O) groups is 1. The lowest BCUT2D eigenvalue weighted by molar-refractivity contribution is -0.138. The summed E-state index contributed by atoms with van der Waals surface area (Å²) in [5.41, 5.74) is 2.44. The first-order valence-electron chi connectivity index (χ1n) is 5.87. The third kappa shape index (κ3) is 3.01. The normalized spacial score (nSPS) is 10.5. The first kappa shape index (κ1) is 13.7. The van der Waals surface area contributed by atoms with Gasteiger partial charge in [0.1, 0.15) is 12.1 Å². The maximum atomic E-state index is 11.4. The Morgan fingerprint density at radius 3 is 2.95 bits per heavy atom. The fourth-order valence-corrected chi connectivity index (χ4v) is 2.15. The second-order valence-electron chi connectivity index (χ2n) is 3.94. The van der Waals surface area contributed by atoms with Gasteiger partial charge >= 0.3 is 5.97 Å². The number of fused-ring (bicyclic) bond motifs is 1. The third-order valence-corrected chi connectivity index (χ3v) is 3.23. The lowest BCUT2D eigenvalue weighted by Gasteiger charge is -2.22. The molecule has 100 valence electrons. The molecule has 2 heterocycles. The Morgan fingerprint density at radius 1 is 1.47 bits per heavy atom. The fraction of sp³-hybridized carbons (Fsp3) is 0.308. The zero-order valence-corrected chi connectivity index (χ0v) is 12.3. The molecule has 0 spiro atoms. The van der Waals surface area contributed by atoms with Crippen LogP contribution in [-0.2, 0) is 9.53 Å². The quantitative estimate of drug-likeness (QED) is 0.809. The van der Waals surface area contributed by atoms with Crippen molar-refractivity contribution in [2.45, 2.75) is 6.92 Å². The van der Waals surface area contributed by atoms with Gasteiger partial charge in [-0.25, -0.2) is 0 Å². The molecular formula is C13H14BrN3O2. The molecule has 5 nitrogen and oxygen atoms in total. The minimum Gasteiger partial charge on any atom is -0.468 e. The van der Waals surface area contributed by atoms with Gasteiger partial charge in [-0.1, -0.05) is 0 Å². The van der Waals surface area contributed by atoms with Crippen molar-refractivity contribution in [2.24, 2.45) is 0 Å². The summed E-state index contributed by atoms with van der Waals surface area (Å²) in [6, 6.07) is 3.76. The van der Waals surface area contributed by atoms with Gasteiger partial charge < -0.3 is 9.64 Å². The van der Waals surface area contributed by atoms with Crippen LogP contribution in [0, 0.1) is 0 Å². The van der Waals surface area contributed by atoms with E-state index < -0.39 is 0 Å². The Hall–Kier alpha value is -1.69. The molecule has 0 N–H and O–H groups in total. The average molecular weight is 324 g/mol. The van der Waals surface area contributed by atoms with Crippen molar-refractivity contribution < 1.29 is 9.53 Å². The van der Waals surface area contributed by atoms with Gasteiger partial charge in [-0.05, 0) is 35.0 Å². The molecule has 0 aliphatic carbocycles. The first-order valence-corrected chi connectivity index (χ1v) is 6.67. The summed E-state index contributed by atoms with van der Waals surface area (Å²) in [5.74, 6) is -0.274. The molecule has 0 atom stereocenters. The highest BCUT2D eigenvalue weighted by Crippen LogP contribution is 2.25. The Labute approximate surface area is 119 Å². The van der Waals surface area contributed by atoms with Gasteiger partial charge in [0.05, 0.1) is 18.3 Å². The summed E-state index contributed by atoms with van der Waals surface area (Å²) < 4.78 is 5.59. The molecule has 0 aromatic carbocycles. The van der Waals surface area contributed by atoms with Crippen molar-refractivity contribution in [1.82, 2.24) is 9.97 Å². The van der Waals surface area contributed by atoms with Crippen LogP contribution in [0.1, 0.15) is 6.92 Å². The van der Waals surface area contributed by atoms with Gasteiger partial charge in [0.2, 0.25) is 0 Å². The minimum absolute atomic E-state index is 0.198. The number of anilines is 1. The number of nitrogens with zero attached hydrogens (tertiary/aromatic N) is 3. The van der Waals surface area contributed by atoms with Gasteiger partial charge in [0, 0.05) is 23.4 Å². The van der Waals surface area contributed by atoms with E-state index in [2.05, 4.69) is 25.9 Å². The number of hydrogen-bond donors (Lipinski definition) is 0. The first-order chi connectivity index (χ1) is 9.15. The van der Waals surface area contributed by atoms with Gasteiger partial charge in [-0.3, -0.25) is 14.8 Å². The molecule has 0 bridgehead atoms. The van der Waals surface area contributed by atoms with Crippen LogP contribution in [-0.4, -0.2) is 36.1 Å². The van der Waals surface area contributed by atoms with Crippen LogP contribution in [0.4, 0.5) is 5.69 Å². The highest BCUT2D eigenvalue weighted by atomic mass is 79.9. The summed E-state index contributed by atoms with van der Waals surface area (Å²) in [7, 11) is 1.39. The van der Waals surface area contributed by atoms with Crippen LogP contribution in [0.2, 0.25) is 0 Å². The molecule has 0 unspecified atom stereocenters. The minimum atomic E-state index is -0.274. The van der Waals surface area contributed by atoms with E-state index in [1.54, 1.807) is 12.4 Å². The molecule has 0 saturated heterocycles. The lowest BCUT2D eigenvalue weighted by atomic mass is 10.2. The number of carbonyl (C=O) groups excluding carboxylic acids is 1. The molecule has 0 fully saturated rings. The monoisotopic (exact) mass is 323 g/mol. The Balaban J connectivity index is 2.45. The Morgan fingerprint density at radius 2 is 2.26 bits per heavy atom. The molecule has 0 radical (unpaired) electrons. The molecular weight excluding hydrogens is 310 g/mol. The van der Waals surface area contributed by atoms with Crippen molar-refractivity contribution in [2.75, 3.05) is 25.1 Å². The van der Waals surface area contributed by atoms with E-state index >= 15 is 0 Å². The van der Waals surface area contributed by atoms with Gasteiger partial charge in [0.15, 0.2) is 0 Å². The maximum Gasteiger partial charge on any atom is 0.325 e. The summed E-state index contributed by atoms with van der Waals surface area (Å²) >= 11 is 3.37. The van der Waals surface area contributed by atoms with Crippen LogP contribution < -0.4 is 4.90 Å². The fourth-order valence-electron chi connectivity index (χ4n) is 1.83. The average Bonchev–Trinajstić information content (AvgIpc) is 2.43. The highest BCUT2D eigenvalue weighted by molar-refractivity contribution is 9.10. The third-order valence-electron chi connectivity index (χ3n) is 2.79. The molecule has 0 aliphatic heterocycles. The van der Waals surface area contributed by atoms with E-state index in [1.165, 1.54) is 7.11 Å². The predicted molar refractivity (Wildman–Crippen MR) is 77.1 cm³/mol. The summed E-state index contributed by atoms with van der Waals surface area (Å²) in [4.78, 5) is 22.0. The second-order valence-corrected chi connectivity index (χ2v) is 4.86. The van der Waals surface area contributed by atoms with Gasteiger partial charge in [0.25, 0.3) is 0 Å². The van der Waals surface area contributed by atoms with Crippen molar-refractivity contribution in [3.05, 3.63) is 29.0 Å². The number of rotatable bonds is 4. The van der Waals surface area contributed by atoms with E-state index in [1.807, 2.05) is 24.0 Å². The number of methoxy groups -OCH3 is 1. The standard InChI is InChI=1S/C13H14BrN3O2/c1-3-17(8-12(18)19-2)11-4-5-15-10-6-9(14)7-16-13(10)11/h4-7H,3,8H2,1-2H3. The number of ether oxygens (including phenoxy) is 1. The van der Waals surface area contributed by atoms with Crippen LogP contribution >= 0.6 is 15.9 Å². The van der Waals surface area contributed by atoms with E-state index in [9.17, 15) is 4.79 Å². The van der Waals surface area contributed by atoms with E-state index in [0.717, 1.165) is 21.2 Å². The molecule has 2 aromatic rings. The van der Waals surface area contributed by atoms with Crippen molar-refractivity contribution in [3.63, 3.8) is 0 Å². The van der Waals surface area contributed by atoms with E-state index in [-0.39, 0.29) is 12.5 Å². The second kappa shape index (κ2) is 5.97. The largest absolute Gasteiger partial charge is 0.468 e. The Kier molecular flexibility index (Phi) is 4.31. The SMILES string of the molecule is CCN(CC(=O)OC)c1ccnc2cc(Br)cnc12. The molecule has 0 aliphatic rings. The predicted octanol–water partition coefficient (Wildman–Crippen LogP) is 2.39. The maximum absolute atomic E-state index is 11.4. The van der Waals surface area contributed by atoms with Crippen molar-refractivity contribution in [1.29, 1.82) is 0 Å². The highest BCUT2D eigenvalue weighted by Gasteiger charge is 2.14. The summed E-state index contributed by atoms with van der Waals surface area (Å²) in [6.07, 6.45) is 3.44. The van der Waals surface area contributed by atoms with Crippen molar-refractivity contribution in [3.8, 4) is 0 Å². The summed E-state index contributed by atoms with van der Waals surface area (Å²) in [6.45, 7) is 2.86.